The molecule has 0 radical (unpaired) electrons. The normalized spacial score (nSPS) is 36.0. The zero-order valence-electron chi connectivity index (χ0n) is 27.1. The predicted molar refractivity (Wildman–Crippen MR) is 169 cm³/mol. The van der Waals surface area contributed by atoms with E-state index >= 15 is 0 Å². The molecule has 4 N–H and O–H groups in total. The first kappa shape index (κ1) is 33.7. The summed E-state index contributed by atoms with van der Waals surface area (Å²) in [5.74, 6) is 0.881. The third-order valence-corrected chi connectivity index (χ3v) is 12.8. The van der Waals surface area contributed by atoms with Gasteiger partial charge in [0.15, 0.2) is 0 Å². The second-order valence-corrected chi connectivity index (χ2v) is 15.5. The van der Waals surface area contributed by atoms with Crippen molar-refractivity contribution in [2.24, 2.45) is 59.2 Å². The highest BCUT2D eigenvalue weighted by molar-refractivity contribution is 5.85. The smallest absolute Gasteiger partial charge is 0.307 e. The number of carboxylic acids is 2. The summed E-state index contributed by atoms with van der Waals surface area (Å²) in [6.45, 7) is 1.90. The Balaban J connectivity index is 0.993. The Kier molecular flexibility index (Phi) is 12.8. The highest BCUT2D eigenvalue weighted by Crippen LogP contribution is 2.44. The highest BCUT2D eigenvalue weighted by atomic mass is 16.6. The summed E-state index contributed by atoms with van der Waals surface area (Å²) in [4.78, 5) is 43.2. The standard InChI is InChI=1S/C36H60N2O6/c39-34(33-20-29(16-18-32(33)36(42)43)27-9-5-2-6-10-27)37-21-24-11-13-25(14-12-24)22-38-44-23-30-19-28(15-17-31(30)35(40)41)26-7-3-1-4-8-26/h24-33,38H,1-23H2,(H,37,39)(H,40,41)(H,42,43). The molecule has 250 valence electrons. The molecule has 8 heteroatoms. The van der Waals surface area contributed by atoms with Gasteiger partial charge in [-0.05, 0) is 106 Å². The fraction of sp³-hybridized carbons (Fsp3) is 0.917. The number of nitrogens with one attached hydrogen (secondary N) is 2. The number of hydroxylamine groups is 1. The van der Waals surface area contributed by atoms with Crippen molar-refractivity contribution in [2.75, 3.05) is 19.7 Å². The minimum absolute atomic E-state index is 0.0387. The third-order valence-electron chi connectivity index (χ3n) is 12.8. The average molecular weight is 617 g/mol. The molecule has 44 heavy (non-hydrogen) atoms. The van der Waals surface area contributed by atoms with Gasteiger partial charge < -0.3 is 20.4 Å². The van der Waals surface area contributed by atoms with E-state index in [0.29, 0.717) is 49.2 Å². The summed E-state index contributed by atoms with van der Waals surface area (Å²) in [6, 6.07) is 0. The first-order valence-corrected chi connectivity index (χ1v) is 18.5. The van der Waals surface area contributed by atoms with Gasteiger partial charge in [-0.2, -0.15) is 0 Å². The molecule has 0 heterocycles. The van der Waals surface area contributed by atoms with Gasteiger partial charge in [-0.25, -0.2) is 5.48 Å². The second kappa shape index (κ2) is 16.8. The van der Waals surface area contributed by atoms with E-state index in [2.05, 4.69) is 10.8 Å². The summed E-state index contributed by atoms with van der Waals surface area (Å²) < 4.78 is 0. The molecule has 5 aliphatic carbocycles. The molecule has 0 aromatic heterocycles. The largest absolute Gasteiger partial charge is 0.481 e. The number of amides is 1. The molecular formula is C36H60N2O6. The van der Waals surface area contributed by atoms with Crippen molar-refractivity contribution in [1.82, 2.24) is 10.8 Å². The van der Waals surface area contributed by atoms with Crippen LogP contribution in [-0.2, 0) is 19.2 Å². The fourth-order valence-corrected chi connectivity index (χ4v) is 10.0. The number of carbonyl (C=O) groups is 3. The van der Waals surface area contributed by atoms with E-state index in [1.807, 2.05) is 0 Å². The highest BCUT2D eigenvalue weighted by Gasteiger charge is 2.42. The van der Waals surface area contributed by atoms with Crippen molar-refractivity contribution in [1.29, 1.82) is 0 Å². The first-order chi connectivity index (χ1) is 21.4. The van der Waals surface area contributed by atoms with Crippen molar-refractivity contribution in [3.63, 3.8) is 0 Å². The van der Waals surface area contributed by atoms with Gasteiger partial charge in [-0.1, -0.05) is 64.2 Å². The van der Waals surface area contributed by atoms with E-state index in [-0.39, 0.29) is 17.7 Å². The maximum atomic E-state index is 13.3. The Morgan fingerprint density at radius 1 is 0.545 bits per heavy atom. The summed E-state index contributed by atoms with van der Waals surface area (Å²) in [6.07, 6.45) is 22.4. The van der Waals surface area contributed by atoms with Gasteiger partial charge in [-0.15, -0.1) is 0 Å². The molecule has 5 aliphatic rings. The van der Waals surface area contributed by atoms with E-state index in [1.165, 1.54) is 64.2 Å². The van der Waals surface area contributed by atoms with Gasteiger partial charge in [-0.3, -0.25) is 14.4 Å². The second-order valence-electron chi connectivity index (χ2n) is 15.5. The van der Waals surface area contributed by atoms with Crippen LogP contribution in [0.3, 0.4) is 0 Å². The van der Waals surface area contributed by atoms with Gasteiger partial charge in [0, 0.05) is 13.1 Å². The summed E-state index contributed by atoms with van der Waals surface area (Å²) in [7, 11) is 0. The molecule has 0 spiro atoms. The SMILES string of the molecule is O=C(O)C1CCC(C2CCCCC2)CC1CONCC1CCC(CNC(=O)C2CC(C3CCCCC3)CCC2C(=O)O)CC1. The maximum Gasteiger partial charge on any atom is 0.307 e. The third kappa shape index (κ3) is 9.20. The van der Waals surface area contributed by atoms with Gasteiger partial charge in [0.2, 0.25) is 5.91 Å². The zero-order chi connectivity index (χ0) is 30.9. The maximum absolute atomic E-state index is 13.3. The lowest BCUT2D eigenvalue weighted by atomic mass is 9.66. The molecule has 5 rings (SSSR count). The lowest BCUT2D eigenvalue weighted by molar-refractivity contribution is -0.150. The van der Waals surface area contributed by atoms with Crippen LogP contribution in [0.5, 0.6) is 0 Å². The molecule has 5 saturated carbocycles. The first-order valence-electron chi connectivity index (χ1n) is 18.5. The van der Waals surface area contributed by atoms with Crippen LogP contribution in [0.15, 0.2) is 0 Å². The van der Waals surface area contributed by atoms with Crippen molar-refractivity contribution in [2.45, 2.75) is 128 Å². The Morgan fingerprint density at radius 3 is 1.64 bits per heavy atom. The number of rotatable bonds is 12. The van der Waals surface area contributed by atoms with E-state index in [1.54, 1.807) is 0 Å². The molecular weight excluding hydrogens is 556 g/mol. The molecule has 1 amide bonds. The fourth-order valence-electron chi connectivity index (χ4n) is 10.0. The minimum Gasteiger partial charge on any atom is -0.481 e. The number of carboxylic acid groups (broad SMARTS) is 2. The van der Waals surface area contributed by atoms with Crippen LogP contribution in [0.2, 0.25) is 0 Å². The summed E-state index contributed by atoms with van der Waals surface area (Å²) in [5.41, 5.74) is 3.19. The molecule has 5 fully saturated rings. The summed E-state index contributed by atoms with van der Waals surface area (Å²) >= 11 is 0. The molecule has 0 aromatic rings. The van der Waals surface area contributed by atoms with Crippen molar-refractivity contribution < 1.29 is 29.4 Å². The molecule has 6 atom stereocenters. The van der Waals surface area contributed by atoms with Crippen LogP contribution in [0, 0.1) is 59.2 Å². The van der Waals surface area contributed by atoms with Gasteiger partial charge in [0.1, 0.15) is 0 Å². The van der Waals surface area contributed by atoms with Crippen LogP contribution in [0.4, 0.5) is 0 Å². The summed E-state index contributed by atoms with van der Waals surface area (Å²) in [5, 5.41) is 22.8. The van der Waals surface area contributed by atoms with Gasteiger partial charge in [0.05, 0.1) is 24.4 Å². The molecule has 0 saturated heterocycles. The number of hydrogen-bond acceptors (Lipinski definition) is 5. The van der Waals surface area contributed by atoms with Crippen LogP contribution in [-0.4, -0.2) is 47.8 Å². The quantitative estimate of drug-likeness (QED) is 0.140. The molecule has 0 aliphatic heterocycles. The molecule has 0 bridgehead atoms. The topological polar surface area (TPSA) is 125 Å². The number of aliphatic carboxylic acids is 2. The average Bonchev–Trinajstić information content (AvgIpc) is 3.06. The predicted octanol–water partition coefficient (Wildman–Crippen LogP) is 6.83. The van der Waals surface area contributed by atoms with E-state index in [4.69, 9.17) is 4.84 Å². The van der Waals surface area contributed by atoms with E-state index < -0.39 is 23.8 Å². The number of hydrogen-bond donors (Lipinski definition) is 4. The lowest BCUT2D eigenvalue weighted by Crippen LogP contribution is -2.44. The van der Waals surface area contributed by atoms with Crippen LogP contribution >= 0.6 is 0 Å². The van der Waals surface area contributed by atoms with Crippen LogP contribution in [0.1, 0.15) is 128 Å². The molecule has 8 nitrogen and oxygen atoms in total. The Hall–Kier alpha value is -1.67. The van der Waals surface area contributed by atoms with E-state index in [9.17, 15) is 24.6 Å². The molecule has 6 unspecified atom stereocenters. The van der Waals surface area contributed by atoms with Crippen molar-refractivity contribution >= 4 is 17.8 Å². The van der Waals surface area contributed by atoms with Gasteiger partial charge >= 0.3 is 11.9 Å². The van der Waals surface area contributed by atoms with Crippen molar-refractivity contribution in [3.05, 3.63) is 0 Å². The van der Waals surface area contributed by atoms with Gasteiger partial charge in [0.25, 0.3) is 0 Å². The Morgan fingerprint density at radius 2 is 1.07 bits per heavy atom. The van der Waals surface area contributed by atoms with Crippen LogP contribution < -0.4 is 10.8 Å². The molecule has 0 aromatic carbocycles. The Labute approximate surface area is 265 Å². The minimum atomic E-state index is -0.812. The lowest BCUT2D eigenvalue weighted by Gasteiger charge is -2.39. The Bertz CT molecular complexity index is 924. The van der Waals surface area contributed by atoms with Crippen LogP contribution in [0.25, 0.3) is 0 Å². The monoisotopic (exact) mass is 616 g/mol. The number of carbonyl (C=O) groups excluding carboxylic acids is 1. The van der Waals surface area contributed by atoms with Crippen molar-refractivity contribution in [3.8, 4) is 0 Å². The van der Waals surface area contributed by atoms with E-state index in [0.717, 1.165) is 70.3 Å². The zero-order valence-corrected chi connectivity index (χ0v) is 27.1.